The van der Waals surface area contributed by atoms with Gasteiger partial charge in [-0.1, -0.05) is 13.2 Å². The Morgan fingerprint density at radius 2 is 2.00 bits per heavy atom. The van der Waals surface area contributed by atoms with Gasteiger partial charge < -0.3 is 9.84 Å². The summed E-state index contributed by atoms with van der Waals surface area (Å²) < 4.78 is 4.36. The van der Waals surface area contributed by atoms with Crippen molar-refractivity contribution in [3.63, 3.8) is 0 Å². The normalized spacial score (nSPS) is 8.67. The first-order valence-corrected chi connectivity index (χ1v) is 3.29. The lowest BCUT2D eigenvalue weighted by molar-refractivity contribution is -0.138. The van der Waals surface area contributed by atoms with Gasteiger partial charge in [0.1, 0.15) is 0 Å². The fourth-order valence-corrected chi connectivity index (χ4v) is 0.512. The van der Waals surface area contributed by atoms with Crippen molar-refractivity contribution in [2.24, 2.45) is 0 Å². The summed E-state index contributed by atoms with van der Waals surface area (Å²) in [5.41, 5.74) is -0.00369. The Bertz CT molecular complexity index is 217. The van der Waals surface area contributed by atoms with Crippen molar-refractivity contribution in [3.8, 4) is 0 Å². The smallest absolute Gasteiger partial charge is 0.330 e. The van der Waals surface area contributed by atoms with E-state index < -0.39 is 11.9 Å². The van der Waals surface area contributed by atoms with Crippen LogP contribution in [0.1, 0.15) is 12.8 Å². The van der Waals surface area contributed by atoms with Crippen molar-refractivity contribution in [2.45, 2.75) is 12.8 Å². The molecular formula is C8H10O4. The Labute approximate surface area is 70.1 Å². The van der Waals surface area contributed by atoms with Gasteiger partial charge in [-0.2, -0.15) is 0 Å². The summed E-state index contributed by atoms with van der Waals surface area (Å²) in [5, 5.41) is 8.35. The van der Waals surface area contributed by atoms with Gasteiger partial charge in [-0.3, -0.25) is 4.79 Å². The van der Waals surface area contributed by atoms with Crippen LogP contribution in [0.3, 0.4) is 0 Å². The average Bonchev–Trinajstić information content (AvgIpc) is 2.00. The molecule has 12 heavy (non-hydrogen) atoms. The Kier molecular flexibility index (Phi) is 4.45. The van der Waals surface area contributed by atoms with Crippen LogP contribution in [-0.2, 0) is 14.3 Å². The van der Waals surface area contributed by atoms with E-state index in [2.05, 4.69) is 17.9 Å². The molecule has 4 heteroatoms. The fourth-order valence-electron chi connectivity index (χ4n) is 0.512. The lowest BCUT2D eigenvalue weighted by atomic mass is 10.2. The highest BCUT2D eigenvalue weighted by molar-refractivity contribution is 5.86. The molecule has 0 aromatic heterocycles. The first-order valence-electron chi connectivity index (χ1n) is 3.29. The summed E-state index contributed by atoms with van der Waals surface area (Å²) in [4.78, 5) is 20.8. The molecule has 0 fully saturated rings. The largest absolute Gasteiger partial charge is 0.478 e. The maximum Gasteiger partial charge on any atom is 0.330 e. The molecule has 0 unspecified atom stereocenters. The summed E-state index contributed by atoms with van der Waals surface area (Å²) >= 11 is 0. The third kappa shape index (κ3) is 4.27. The first kappa shape index (κ1) is 10.4. The number of carbonyl (C=O) groups is 2. The lowest BCUT2D eigenvalue weighted by Gasteiger charge is -1.98. The standard InChI is InChI=1S/C8H10O4/c1-3-12-7(9)5-4-6(2)8(10)11/h3H,1-2,4-5H2,(H,10,11). The van der Waals surface area contributed by atoms with Crippen LogP contribution in [0.15, 0.2) is 25.0 Å². The van der Waals surface area contributed by atoms with E-state index in [9.17, 15) is 9.59 Å². The zero-order valence-corrected chi connectivity index (χ0v) is 6.58. The number of carboxylic acid groups (broad SMARTS) is 1. The second-order valence-corrected chi connectivity index (χ2v) is 2.07. The Morgan fingerprint density at radius 1 is 1.42 bits per heavy atom. The van der Waals surface area contributed by atoms with Crippen LogP contribution in [0, 0.1) is 0 Å². The van der Waals surface area contributed by atoms with E-state index in [1.54, 1.807) is 0 Å². The van der Waals surface area contributed by atoms with Crippen molar-refractivity contribution in [1.29, 1.82) is 0 Å². The summed E-state index contributed by atoms with van der Waals surface area (Å²) in [6, 6.07) is 0. The van der Waals surface area contributed by atoms with Crippen LogP contribution < -0.4 is 0 Å². The molecule has 0 amide bonds. The molecule has 0 atom stereocenters. The van der Waals surface area contributed by atoms with Crippen molar-refractivity contribution in [2.75, 3.05) is 0 Å². The minimum Gasteiger partial charge on any atom is -0.478 e. The number of carbonyl (C=O) groups excluding carboxylic acids is 1. The van der Waals surface area contributed by atoms with Crippen LogP contribution in [0.5, 0.6) is 0 Å². The number of hydrogen-bond acceptors (Lipinski definition) is 3. The van der Waals surface area contributed by atoms with E-state index in [-0.39, 0.29) is 18.4 Å². The SMILES string of the molecule is C=COC(=O)CCC(=C)C(=O)O. The van der Waals surface area contributed by atoms with Gasteiger partial charge in [0.05, 0.1) is 12.7 Å². The molecule has 1 N–H and O–H groups in total. The van der Waals surface area contributed by atoms with E-state index in [1.165, 1.54) is 0 Å². The van der Waals surface area contributed by atoms with Crippen molar-refractivity contribution in [1.82, 2.24) is 0 Å². The lowest BCUT2D eigenvalue weighted by Crippen LogP contribution is -2.04. The highest BCUT2D eigenvalue weighted by atomic mass is 16.5. The number of rotatable bonds is 5. The monoisotopic (exact) mass is 170 g/mol. The molecule has 0 aliphatic carbocycles. The minimum atomic E-state index is -1.10. The molecule has 0 bridgehead atoms. The van der Waals surface area contributed by atoms with E-state index in [0.29, 0.717) is 0 Å². The molecule has 0 saturated heterocycles. The molecule has 66 valence electrons. The maximum atomic E-state index is 10.6. The third-order valence-electron chi connectivity index (χ3n) is 1.15. The topological polar surface area (TPSA) is 63.6 Å². The Hall–Kier alpha value is -1.58. The number of hydrogen-bond donors (Lipinski definition) is 1. The fraction of sp³-hybridized carbons (Fsp3) is 0.250. The molecule has 4 nitrogen and oxygen atoms in total. The van der Waals surface area contributed by atoms with Crippen molar-refractivity contribution < 1.29 is 19.4 Å². The van der Waals surface area contributed by atoms with E-state index >= 15 is 0 Å². The molecule has 0 rings (SSSR count). The Balaban J connectivity index is 3.68. The number of ether oxygens (including phenoxy) is 1. The highest BCUT2D eigenvalue weighted by Gasteiger charge is 2.07. The third-order valence-corrected chi connectivity index (χ3v) is 1.15. The second kappa shape index (κ2) is 5.12. The van der Waals surface area contributed by atoms with Gasteiger partial charge in [0.15, 0.2) is 0 Å². The van der Waals surface area contributed by atoms with Gasteiger partial charge in [-0.05, 0) is 6.42 Å². The zero-order valence-electron chi connectivity index (χ0n) is 6.58. The average molecular weight is 170 g/mol. The second-order valence-electron chi connectivity index (χ2n) is 2.07. The molecule has 0 saturated carbocycles. The number of esters is 1. The van der Waals surface area contributed by atoms with Gasteiger partial charge in [-0.15, -0.1) is 0 Å². The molecule has 0 spiro atoms. The Morgan fingerprint density at radius 3 is 2.42 bits per heavy atom. The summed E-state index contributed by atoms with van der Waals surface area (Å²) in [7, 11) is 0. The quantitative estimate of drug-likeness (QED) is 0.381. The van der Waals surface area contributed by atoms with Crippen molar-refractivity contribution in [3.05, 3.63) is 25.0 Å². The summed E-state index contributed by atoms with van der Waals surface area (Å²) in [6.45, 7) is 6.43. The van der Waals surface area contributed by atoms with Gasteiger partial charge in [0.25, 0.3) is 0 Å². The van der Waals surface area contributed by atoms with Crippen LogP contribution in [0.4, 0.5) is 0 Å². The van der Waals surface area contributed by atoms with E-state index in [4.69, 9.17) is 5.11 Å². The molecular weight excluding hydrogens is 160 g/mol. The van der Waals surface area contributed by atoms with Crippen molar-refractivity contribution >= 4 is 11.9 Å². The predicted octanol–water partition coefficient (Wildman–Crippen LogP) is 1.09. The summed E-state index contributed by atoms with van der Waals surface area (Å²) in [5.74, 6) is -1.60. The maximum absolute atomic E-state index is 10.6. The molecule has 0 radical (unpaired) electrons. The summed E-state index contributed by atoms with van der Waals surface area (Å²) in [6.07, 6.45) is 1.12. The molecule has 0 aliphatic rings. The van der Waals surface area contributed by atoms with Gasteiger partial charge in [0.2, 0.25) is 0 Å². The van der Waals surface area contributed by atoms with Crippen LogP contribution in [0.2, 0.25) is 0 Å². The molecule has 0 aliphatic heterocycles. The van der Waals surface area contributed by atoms with Crippen LogP contribution in [-0.4, -0.2) is 17.0 Å². The van der Waals surface area contributed by atoms with Gasteiger partial charge in [0, 0.05) is 5.57 Å². The van der Waals surface area contributed by atoms with Gasteiger partial charge in [-0.25, -0.2) is 4.79 Å². The first-order chi connectivity index (χ1) is 5.57. The van der Waals surface area contributed by atoms with E-state index in [0.717, 1.165) is 6.26 Å². The molecule has 0 aromatic carbocycles. The zero-order chi connectivity index (χ0) is 9.56. The van der Waals surface area contributed by atoms with Crippen LogP contribution in [0.25, 0.3) is 0 Å². The predicted molar refractivity (Wildman–Crippen MR) is 42.3 cm³/mol. The van der Waals surface area contributed by atoms with E-state index in [1.807, 2.05) is 0 Å². The number of aliphatic carboxylic acids is 1. The molecule has 0 aromatic rings. The van der Waals surface area contributed by atoms with Crippen LogP contribution >= 0.6 is 0 Å². The van der Waals surface area contributed by atoms with Gasteiger partial charge >= 0.3 is 11.9 Å². The highest BCUT2D eigenvalue weighted by Crippen LogP contribution is 2.03. The minimum absolute atomic E-state index is 0.00369. The molecule has 0 heterocycles. The number of carboxylic acids is 1.